The summed E-state index contributed by atoms with van der Waals surface area (Å²) in [6.45, 7) is 0.977. The van der Waals surface area contributed by atoms with Crippen molar-refractivity contribution >= 4 is 21.5 Å². The Kier molecular flexibility index (Phi) is 5.66. The van der Waals surface area contributed by atoms with Crippen molar-refractivity contribution in [2.45, 2.75) is 12.1 Å². The van der Waals surface area contributed by atoms with E-state index in [0.717, 1.165) is 6.54 Å². The van der Waals surface area contributed by atoms with Crippen molar-refractivity contribution in [3.05, 3.63) is 53.0 Å². The Morgan fingerprint density at radius 1 is 1.20 bits per heavy atom. The van der Waals surface area contributed by atoms with Crippen LogP contribution in [-0.4, -0.2) is 18.5 Å². The molecule has 0 spiro atoms. The van der Waals surface area contributed by atoms with Gasteiger partial charge in [0.2, 0.25) is 5.51 Å². The van der Waals surface area contributed by atoms with Crippen LogP contribution in [0.2, 0.25) is 0 Å². The number of rotatable bonds is 2. The number of benzene rings is 1. The average molecular weight is 325 g/mol. The lowest BCUT2D eigenvalue weighted by Crippen LogP contribution is -2.30. The third-order valence-electron chi connectivity index (χ3n) is 2.02. The number of nitrogens with zero attached hydrogens (tertiary/aromatic N) is 1. The summed E-state index contributed by atoms with van der Waals surface area (Å²) in [7, 11) is -6.09. The van der Waals surface area contributed by atoms with Crippen LogP contribution in [0.4, 0.5) is 13.2 Å². The topological polar surface area (TPSA) is 61.1 Å². The molecule has 2 rings (SSSR count). The summed E-state index contributed by atoms with van der Waals surface area (Å²) >= 11 is 1.72. The van der Waals surface area contributed by atoms with Gasteiger partial charge in [-0.1, -0.05) is 41.7 Å². The van der Waals surface area contributed by atoms with Crippen molar-refractivity contribution in [2.24, 2.45) is 0 Å². The smallest absolute Gasteiger partial charge is 0.485 e. The summed E-state index contributed by atoms with van der Waals surface area (Å²) in [5.74, 6) is 0. The Balaban J connectivity index is 0.000000221. The first-order chi connectivity index (χ1) is 9.20. The molecule has 20 heavy (non-hydrogen) atoms. The largest absolute Gasteiger partial charge is 0.741 e. The van der Waals surface area contributed by atoms with Crippen LogP contribution in [0.25, 0.3) is 0 Å². The first-order valence-electron chi connectivity index (χ1n) is 5.17. The molecule has 0 aliphatic rings. The Morgan fingerprint density at radius 2 is 1.75 bits per heavy atom. The van der Waals surface area contributed by atoms with Crippen molar-refractivity contribution in [3.8, 4) is 0 Å². The van der Waals surface area contributed by atoms with Gasteiger partial charge in [-0.15, -0.1) is 0 Å². The summed E-state index contributed by atoms with van der Waals surface area (Å²) in [5, 5.41) is 2.09. The van der Waals surface area contributed by atoms with Crippen LogP contribution in [0.3, 0.4) is 0 Å². The van der Waals surface area contributed by atoms with Gasteiger partial charge in [-0.05, 0) is 0 Å². The Hall–Kier alpha value is -1.45. The minimum Gasteiger partial charge on any atom is -0.741 e. The van der Waals surface area contributed by atoms with E-state index in [-0.39, 0.29) is 0 Å². The zero-order valence-electron chi connectivity index (χ0n) is 9.95. The third kappa shape index (κ3) is 5.68. The molecule has 2 aromatic rings. The van der Waals surface area contributed by atoms with Gasteiger partial charge in [0.25, 0.3) is 0 Å². The SMILES string of the molecule is O=S(=O)([O-])C(F)(F)F.c1ccc(C[n+]2ccsc2)cc1. The Labute approximate surface area is 117 Å². The molecule has 0 unspecified atom stereocenters. The number of aromatic nitrogens is 1. The molecule has 0 amide bonds. The second-order valence-corrected chi connectivity index (χ2v) is 5.71. The second-order valence-electron chi connectivity index (χ2n) is 3.58. The van der Waals surface area contributed by atoms with Crippen LogP contribution in [-0.2, 0) is 16.7 Å². The summed E-state index contributed by atoms with van der Waals surface area (Å²) in [4.78, 5) is 0. The van der Waals surface area contributed by atoms with Gasteiger partial charge < -0.3 is 4.55 Å². The van der Waals surface area contributed by atoms with E-state index in [9.17, 15) is 13.2 Å². The minimum absolute atomic E-state index is 0.977. The molecule has 1 heterocycles. The van der Waals surface area contributed by atoms with E-state index in [1.54, 1.807) is 11.3 Å². The van der Waals surface area contributed by atoms with Gasteiger partial charge in [0, 0.05) is 5.56 Å². The first kappa shape index (κ1) is 16.6. The number of thiazole rings is 1. The molecule has 0 bridgehead atoms. The summed E-state index contributed by atoms with van der Waals surface area (Å²) in [6.07, 6.45) is 2.09. The zero-order valence-corrected chi connectivity index (χ0v) is 11.6. The van der Waals surface area contributed by atoms with Crippen molar-refractivity contribution in [2.75, 3.05) is 0 Å². The second kappa shape index (κ2) is 6.82. The number of alkyl halides is 3. The molecule has 0 atom stereocenters. The molecule has 1 aromatic carbocycles. The predicted octanol–water partition coefficient (Wildman–Crippen LogP) is 2.14. The van der Waals surface area contributed by atoms with E-state index in [1.165, 1.54) is 5.56 Å². The maximum Gasteiger partial charge on any atom is 0.485 e. The molecule has 0 aliphatic heterocycles. The molecule has 9 heteroatoms. The highest BCUT2D eigenvalue weighted by Crippen LogP contribution is 2.20. The van der Waals surface area contributed by atoms with E-state index in [0.29, 0.717) is 0 Å². The fourth-order valence-corrected chi connectivity index (χ4v) is 1.74. The monoisotopic (exact) mass is 325 g/mol. The first-order valence-corrected chi connectivity index (χ1v) is 7.52. The van der Waals surface area contributed by atoms with Gasteiger partial charge in [-0.2, -0.15) is 17.7 Å². The molecule has 0 radical (unpaired) electrons. The van der Waals surface area contributed by atoms with Crippen LogP contribution in [0.1, 0.15) is 5.56 Å². The van der Waals surface area contributed by atoms with Gasteiger partial charge >= 0.3 is 5.51 Å². The lowest BCUT2D eigenvalue weighted by Gasteiger charge is -2.08. The van der Waals surface area contributed by atoms with Gasteiger partial charge in [0.15, 0.2) is 22.9 Å². The molecule has 0 fully saturated rings. The quantitative estimate of drug-likeness (QED) is 0.483. The molecular formula is C11H10F3NO3S2. The van der Waals surface area contributed by atoms with Gasteiger partial charge in [0.05, 0.1) is 5.38 Å². The summed E-state index contributed by atoms with van der Waals surface area (Å²) < 4.78 is 61.1. The van der Waals surface area contributed by atoms with Crippen molar-refractivity contribution in [1.29, 1.82) is 0 Å². The van der Waals surface area contributed by atoms with E-state index in [1.807, 2.05) is 6.07 Å². The van der Waals surface area contributed by atoms with E-state index < -0.39 is 15.6 Å². The molecule has 4 nitrogen and oxygen atoms in total. The van der Waals surface area contributed by atoms with Gasteiger partial charge in [-0.25, -0.2) is 8.42 Å². The van der Waals surface area contributed by atoms with Crippen LogP contribution < -0.4 is 4.57 Å². The molecule has 110 valence electrons. The predicted molar refractivity (Wildman–Crippen MR) is 65.8 cm³/mol. The average Bonchev–Trinajstić information content (AvgIpc) is 2.81. The fraction of sp³-hybridized carbons (Fsp3) is 0.182. The standard InChI is InChI=1S/C10H10NS.CHF3O3S/c1-2-4-10(5-3-1)8-11-6-7-12-9-11;2-1(3,4)8(5,6)7/h1-7,9H,8H2;(H,5,6,7)/q+1;/p-1. The molecule has 0 aliphatic carbocycles. The Morgan fingerprint density at radius 3 is 2.15 bits per heavy atom. The van der Waals surface area contributed by atoms with Gasteiger partial charge in [0.1, 0.15) is 0 Å². The van der Waals surface area contributed by atoms with Crippen LogP contribution in [0.15, 0.2) is 47.4 Å². The van der Waals surface area contributed by atoms with E-state index in [2.05, 4.69) is 45.9 Å². The third-order valence-corrected chi connectivity index (χ3v) is 3.26. The lowest BCUT2D eigenvalue weighted by atomic mass is 10.2. The summed E-state index contributed by atoms with van der Waals surface area (Å²) in [6, 6.07) is 10.5. The highest BCUT2D eigenvalue weighted by Gasteiger charge is 2.36. The fourth-order valence-electron chi connectivity index (χ4n) is 1.15. The minimum atomic E-state index is -6.09. The highest BCUT2D eigenvalue weighted by molar-refractivity contribution is 7.86. The molecule has 0 saturated heterocycles. The van der Waals surface area contributed by atoms with Gasteiger partial charge in [-0.3, -0.25) is 0 Å². The summed E-state index contributed by atoms with van der Waals surface area (Å²) in [5.41, 5.74) is -2.18. The van der Waals surface area contributed by atoms with Crippen LogP contribution >= 0.6 is 11.3 Å². The van der Waals surface area contributed by atoms with E-state index >= 15 is 0 Å². The Bertz CT molecular complexity index is 610. The van der Waals surface area contributed by atoms with E-state index in [4.69, 9.17) is 13.0 Å². The number of halogens is 3. The van der Waals surface area contributed by atoms with Crippen LogP contribution in [0, 0.1) is 0 Å². The number of hydrogen-bond donors (Lipinski definition) is 0. The van der Waals surface area contributed by atoms with Crippen molar-refractivity contribution in [1.82, 2.24) is 0 Å². The molecule has 0 N–H and O–H groups in total. The zero-order chi connectivity index (χ0) is 15.2. The highest BCUT2D eigenvalue weighted by atomic mass is 32.2. The molecule has 0 saturated carbocycles. The maximum absolute atomic E-state index is 10.7. The molecule has 1 aromatic heterocycles. The van der Waals surface area contributed by atoms with Crippen molar-refractivity contribution in [3.63, 3.8) is 0 Å². The van der Waals surface area contributed by atoms with Crippen LogP contribution in [0.5, 0.6) is 0 Å². The number of hydrogen-bond acceptors (Lipinski definition) is 4. The molecular weight excluding hydrogens is 315 g/mol. The normalized spacial score (nSPS) is 11.6. The maximum atomic E-state index is 10.7. The van der Waals surface area contributed by atoms with Crippen molar-refractivity contribution < 1.29 is 30.7 Å². The lowest BCUT2D eigenvalue weighted by molar-refractivity contribution is -0.683.